The van der Waals surface area contributed by atoms with Gasteiger partial charge in [-0.05, 0) is 50.1 Å². The summed E-state index contributed by atoms with van der Waals surface area (Å²) in [5, 5.41) is 11.4. The van der Waals surface area contributed by atoms with Gasteiger partial charge >= 0.3 is 0 Å². The van der Waals surface area contributed by atoms with Crippen molar-refractivity contribution >= 4 is 17.4 Å². The zero-order valence-electron chi connectivity index (χ0n) is 18.8. The van der Waals surface area contributed by atoms with E-state index >= 15 is 0 Å². The number of hydrogen-bond donors (Lipinski definition) is 2. The number of methoxy groups -OCH3 is 1. The average Bonchev–Trinajstić information content (AvgIpc) is 2.78. The molecule has 1 heterocycles. The minimum atomic E-state index is -0.278. The predicted molar refractivity (Wildman–Crippen MR) is 123 cm³/mol. The maximum Gasteiger partial charge on any atom is 0.251 e. The molecule has 3 rings (SSSR count). The number of aliphatic hydroxyl groups excluding tert-OH is 1. The second-order valence-electron chi connectivity index (χ2n) is 8.34. The third-order valence-electron chi connectivity index (χ3n) is 5.25. The summed E-state index contributed by atoms with van der Waals surface area (Å²) in [7, 11) is 1.62. The standard InChI is InChI=1S/C25H30N2O5/c1-25(2)16-19-8-9-20(31-3)14-21(19)22(27-25)15-23(29)17-4-6-18(7-5-17)24(30)26-10-12-32-13-11-28/h4-9,14,28H,10-13,15-16H2,1-3H3,(H,26,30). The van der Waals surface area contributed by atoms with Gasteiger partial charge in [0, 0.05) is 23.2 Å². The molecule has 2 N–H and O–H groups in total. The van der Waals surface area contributed by atoms with Crippen molar-refractivity contribution in [3.8, 4) is 5.75 Å². The first-order chi connectivity index (χ1) is 15.3. The van der Waals surface area contributed by atoms with Gasteiger partial charge in [-0.15, -0.1) is 0 Å². The van der Waals surface area contributed by atoms with Crippen LogP contribution in [0.3, 0.4) is 0 Å². The van der Waals surface area contributed by atoms with Gasteiger partial charge in [-0.1, -0.05) is 18.2 Å². The van der Waals surface area contributed by atoms with Crippen LogP contribution in [0.4, 0.5) is 0 Å². The summed E-state index contributed by atoms with van der Waals surface area (Å²) in [5.74, 6) is 0.441. The molecule has 0 fully saturated rings. The van der Waals surface area contributed by atoms with E-state index in [4.69, 9.17) is 19.6 Å². The SMILES string of the molecule is COc1ccc2c(c1)C(CC(=O)c1ccc(C(=O)NCCOCCO)cc1)=NC(C)(C)C2. The zero-order chi connectivity index (χ0) is 23.1. The van der Waals surface area contributed by atoms with Gasteiger partial charge in [-0.3, -0.25) is 14.6 Å². The Hall–Kier alpha value is -3.03. The molecular weight excluding hydrogens is 408 g/mol. The third-order valence-corrected chi connectivity index (χ3v) is 5.25. The van der Waals surface area contributed by atoms with Crippen LogP contribution in [0, 0.1) is 0 Å². The molecule has 0 bridgehead atoms. The van der Waals surface area contributed by atoms with E-state index in [0.717, 1.165) is 29.0 Å². The van der Waals surface area contributed by atoms with Crippen LogP contribution in [0.2, 0.25) is 0 Å². The summed E-state index contributed by atoms with van der Waals surface area (Å²) in [4.78, 5) is 30.1. The van der Waals surface area contributed by atoms with E-state index < -0.39 is 0 Å². The molecule has 0 radical (unpaired) electrons. The maximum atomic E-state index is 13.0. The predicted octanol–water partition coefficient (Wildman–Crippen LogP) is 2.83. The van der Waals surface area contributed by atoms with E-state index in [2.05, 4.69) is 19.2 Å². The molecular formula is C25H30N2O5. The third kappa shape index (κ3) is 6.02. The van der Waals surface area contributed by atoms with Gasteiger partial charge in [0.15, 0.2) is 5.78 Å². The Morgan fingerprint density at radius 2 is 1.81 bits per heavy atom. The van der Waals surface area contributed by atoms with Crippen LogP contribution < -0.4 is 10.1 Å². The summed E-state index contributed by atoms with van der Waals surface area (Å²) in [5.41, 5.74) is 3.59. The molecule has 0 spiro atoms. The van der Waals surface area contributed by atoms with Crippen LogP contribution in [0.1, 0.15) is 52.1 Å². The molecule has 7 nitrogen and oxygen atoms in total. The van der Waals surface area contributed by atoms with E-state index in [9.17, 15) is 9.59 Å². The molecule has 2 aromatic rings. The number of nitrogens with one attached hydrogen (secondary N) is 1. The fourth-order valence-corrected chi connectivity index (χ4v) is 3.74. The van der Waals surface area contributed by atoms with E-state index in [1.807, 2.05) is 18.2 Å². The first-order valence-electron chi connectivity index (χ1n) is 10.7. The molecule has 7 heteroatoms. The number of nitrogens with zero attached hydrogens (tertiary/aromatic N) is 1. The number of rotatable bonds is 10. The number of fused-ring (bicyclic) bond motifs is 1. The Balaban J connectivity index is 1.68. The topological polar surface area (TPSA) is 97.2 Å². The lowest BCUT2D eigenvalue weighted by atomic mass is 9.85. The number of ketones is 1. The molecule has 1 aliphatic rings. The van der Waals surface area contributed by atoms with Gasteiger partial charge in [0.25, 0.3) is 5.91 Å². The van der Waals surface area contributed by atoms with Crippen LogP contribution in [0.25, 0.3) is 0 Å². The van der Waals surface area contributed by atoms with Crippen molar-refractivity contribution in [2.75, 3.05) is 33.5 Å². The van der Waals surface area contributed by atoms with Gasteiger partial charge in [0.05, 0.1) is 44.6 Å². The van der Waals surface area contributed by atoms with E-state index in [-0.39, 0.29) is 36.9 Å². The minimum absolute atomic E-state index is 0.0491. The van der Waals surface area contributed by atoms with Crippen molar-refractivity contribution in [3.63, 3.8) is 0 Å². The molecule has 0 unspecified atom stereocenters. The van der Waals surface area contributed by atoms with Crippen LogP contribution in [0.15, 0.2) is 47.5 Å². The number of benzene rings is 2. The molecule has 2 aromatic carbocycles. The van der Waals surface area contributed by atoms with Crippen molar-refractivity contribution in [1.82, 2.24) is 5.32 Å². The van der Waals surface area contributed by atoms with Gasteiger partial charge in [-0.2, -0.15) is 0 Å². The summed E-state index contributed by atoms with van der Waals surface area (Å²) in [6.07, 6.45) is 0.982. The van der Waals surface area contributed by atoms with Crippen LogP contribution >= 0.6 is 0 Å². The molecule has 1 aliphatic heterocycles. The number of Topliss-reactive ketones (excluding diaryl/α,β-unsaturated/α-hetero) is 1. The van der Waals surface area contributed by atoms with E-state index in [1.165, 1.54) is 0 Å². The maximum absolute atomic E-state index is 13.0. The second kappa shape index (κ2) is 10.5. The monoisotopic (exact) mass is 438 g/mol. The van der Waals surface area contributed by atoms with Gasteiger partial charge in [-0.25, -0.2) is 0 Å². The summed E-state index contributed by atoms with van der Waals surface area (Å²) in [6, 6.07) is 12.5. The van der Waals surface area contributed by atoms with E-state index in [1.54, 1.807) is 31.4 Å². The highest BCUT2D eigenvalue weighted by Gasteiger charge is 2.28. The highest BCUT2D eigenvalue weighted by atomic mass is 16.5. The molecule has 0 saturated carbocycles. The largest absolute Gasteiger partial charge is 0.497 e. The Labute approximate surface area is 188 Å². The Morgan fingerprint density at radius 3 is 2.50 bits per heavy atom. The number of carbonyl (C=O) groups is 2. The average molecular weight is 439 g/mol. The second-order valence-corrected chi connectivity index (χ2v) is 8.34. The zero-order valence-corrected chi connectivity index (χ0v) is 18.8. The number of hydrogen-bond acceptors (Lipinski definition) is 6. The quantitative estimate of drug-likeness (QED) is 0.439. The first kappa shape index (κ1) is 23.6. The van der Waals surface area contributed by atoms with E-state index in [0.29, 0.717) is 24.3 Å². The van der Waals surface area contributed by atoms with Crippen LogP contribution in [-0.4, -0.2) is 61.5 Å². The number of ether oxygens (including phenoxy) is 2. The first-order valence-corrected chi connectivity index (χ1v) is 10.7. The number of amides is 1. The summed E-state index contributed by atoms with van der Waals surface area (Å²) < 4.78 is 10.5. The highest BCUT2D eigenvalue weighted by molar-refractivity contribution is 6.17. The summed E-state index contributed by atoms with van der Waals surface area (Å²) in [6.45, 7) is 4.99. The molecule has 170 valence electrons. The van der Waals surface area contributed by atoms with Gasteiger partial charge < -0.3 is 19.9 Å². The normalized spacial score (nSPS) is 14.3. The smallest absolute Gasteiger partial charge is 0.251 e. The van der Waals surface area contributed by atoms with Crippen LogP contribution in [-0.2, 0) is 11.2 Å². The summed E-state index contributed by atoms with van der Waals surface area (Å²) >= 11 is 0. The number of aliphatic imine (C=N–C) groups is 1. The molecule has 0 aromatic heterocycles. The lowest BCUT2D eigenvalue weighted by Crippen LogP contribution is -2.30. The molecule has 1 amide bonds. The van der Waals surface area contributed by atoms with Crippen molar-refractivity contribution in [2.45, 2.75) is 32.2 Å². The van der Waals surface area contributed by atoms with Crippen molar-refractivity contribution < 1.29 is 24.2 Å². The van der Waals surface area contributed by atoms with Gasteiger partial charge in [0.1, 0.15) is 5.75 Å². The minimum Gasteiger partial charge on any atom is -0.497 e. The van der Waals surface area contributed by atoms with Crippen molar-refractivity contribution in [2.24, 2.45) is 4.99 Å². The molecule has 32 heavy (non-hydrogen) atoms. The lowest BCUT2D eigenvalue weighted by Gasteiger charge is -2.29. The number of carbonyl (C=O) groups excluding carboxylic acids is 2. The fourth-order valence-electron chi connectivity index (χ4n) is 3.74. The lowest BCUT2D eigenvalue weighted by molar-refractivity contribution is 0.0837. The fraction of sp³-hybridized carbons (Fsp3) is 0.400. The number of aliphatic hydroxyl groups is 1. The molecule has 0 saturated heterocycles. The molecule has 0 atom stereocenters. The Bertz CT molecular complexity index is 996. The van der Waals surface area contributed by atoms with Crippen molar-refractivity contribution in [1.29, 1.82) is 0 Å². The van der Waals surface area contributed by atoms with Crippen molar-refractivity contribution in [3.05, 3.63) is 64.7 Å². The molecule has 0 aliphatic carbocycles. The highest BCUT2D eigenvalue weighted by Crippen LogP contribution is 2.31. The Morgan fingerprint density at radius 1 is 1.09 bits per heavy atom. The Kier molecular flexibility index (Phi) is 7.77. The van der Waals surface area contributed by atoms with Crippen LogP contribution in [0.5, 0.6) is 5.75 Å². The van der Waals surface area contributed by atoms with Gasteiger partial charge in [0.2, 0.25) is 0 Å².